The van der Waals surface area contributed by atoms with Gasteiger partial charge in [0, 0.05) is 12.2 Å². The summed E-state index contributed by atoms with van der Waals surface area (Å²) >= 11 is 0. The van der Waals surface area contributed by atoms with Crippen molar-refractivity contribution < 1.29 is 14.0 Å². The van der Waals surface area contributed by atoms with Gasteiger partial charge in [-0.15, -0.1) is 0 Å². The molecule has 0 aliphatic carbocycles. The molecule has 1 aliphatic heterocycles. The smallest absolute Gasteiger partial charge is 0.333 e. The summed E-state index contributed by atoms with van der Waals surface area (Å²) in [6.45, 7) is 13.1. The lowest BCUT2D eigenvalue weighted by atomic mass is 10.4. The van der Waals surface area contributed by atoms with E-state index in [1.54, 1.807) is 6.92 Å². The standard InChI is InChI=1S/C7H12O2.C6H14OSi/c1-4-5-9-7(8)6(2)3;1-8(2)6-4-3-5-7-8/h2,4-5H2,1,3H3;3-6H2,1-2H3. The summed E-state index contributed by atoms with van der Waals surface area (Å²) in [4.78, 5) is 10.6. The Bertz CT molecular complexity index is 241. The third-order valence-corrected chi connectivity index (χ3v) is 4.99. The second-order valence-corrected chi connectivity index (χ2v) is 9.29. The number of rotatable bonds is 3. The Morgan fingerprint density at radius 3 is 2.35 bits per heavy atom. The highest BCUT2D eigenvalue weighted by atomic mass is 28.4. The molecule has 1 fully saturated rings. The van der Waals surface area contributed by atoms with E-state index in [0.717, 1.165) is 13.0 Å². The summed E-state index contributed by atoms with van der Waals surface area (Å²) in [5, 5.41) is 0. The third kappa shape index (κ3) is 9.12. The van der Waals surface area contributed by atoms with Gasteiger partial charge in [0.25, 0.3) is 0 Å². The average Bonchev–Trinajstić information content (AvgIpc) is 2.26. The summed E-state index contributed by atoms with van der Waals surface area (Å²) in [5.74, 6) is -0.295. The molecule has 0 unspecified atom stereocenters. The Kier molecular flexibility index (Phi) is 8.17. The molecule has 1 rings (SSSR count). The van der Waals surface area contributed by atoms with Gasteiger partial charge in [-0.1, -0.05) is 19.9 Å². The van der Waals surface area contributed by atoms with Crippen molar-refractivity contribution in [1.29, 1.82) is 0 Å². The Labute approximate surface area is 106 Å². The van der Waals surface area contributed by atoms with Crippen molar-refractivity contribution in [3.63, 3.8) is 0 Å². The van der Waals surface area contributed by atoms with Gasteiger partial charge < -0.3 is 9.16 Å². The van der Waals surface area contributed by atoms with E-state index in [0.29, 0.717) is 12.2 Å². The molecule has 0 radical (unpaired) electrons. The number of esters is 1. The maximum Gasteiger partial charge on any atom is 0.333 e. The molecule has 17 heavy (non-hydrogen) atoms. The first-order chi connectivity index (χ1) is 7.89. The van der Waals surface area contributed by atoms with Crippen LogP contribution in [-0.4, -0.2) is 27.5 Å². The van der Waals surface area contributed by atoms with Gasteiger partial charge in [-0.3, -0.25) is 0 Å². The fraction of sp³-hybridized carbons (Fsp3) is 0.769. The van der Waals surface area contributed by atoms with Crippen molar-refractivity contribution in [3.8, 4) is 0 Å². The SMILES string of the molecule is C=C(C)C(=O)OCCC.C[Si]1(C)CCCCO1. The Morgan fingerprint density at radius 2 is 2.06 bits per heavy atom. The van der Waals surface area contributed by atoms with Crippen LogP contribution >= 0.6 is 0 Å². The minimum absolute atomic E-state index is 0.295. The molecule has 100 valence electrons. The van der Waals surface area contributed by atoms with Gasteiger partial charge >= 0.3 is 5.97 Å². The molecule has 1 saturated heterocycles. The minimum atomic E-state index is -1.09. The summed E-state index contributed by atoms with van der Waals surface area (Å²) in [5.41, 5.74) is 0.462. The van der Waals surface area contributed by atoms with Crippen molar-refractivity contribution in [3.05, 3.63) is 12.2 Å². The summed E-state index contributed by atoms with van der Waals surface area (Å²) in [6, 6.07) is 1.37. The zero-order valence-corrected chi connectivity index (χ0v) is 12.7. The lowest BCUT2D eigenvalue weighted by Crippen LogP contribution is -2.33. The molecule has 1 aliphatic rings. The van der Waals surface area contributed by atoms with Gasteiger partial charge in [-0.25, -0.2) is 4.79 Å². The normalized spacial score (nSPS) is 17.6. The van der Waals surface area contributed by atoms with Crippen LogP contribution in [0.15, 0.2) is 12.2 Å². The first-order valence-electron chi connectivity index (χ1n) is 6.35. The van der Waals surface area contributed by atoms with E-state index in [2.05, 4.69) is 19.7 Å². The molecule has 0 amide bonds. The molecule has 0 aromatic rings. The number of hydrogen-bond acceptors (Lipinski definition) is 3. The van der Waals surface area contributed by atoms with Gasteiger partial charge in [0.1, 0.15) is 0 Å². The van der Waals surface area contributed by atoms with Gasteiger partial charge in [0.05, 0.1) is 6.61 Å². The van der Waals surface area contributed by atoms with E-state index in [9.17, 15) is 4.79 Å². The lowest BCUT2D eigenvalue weighted by Gasteiger charge is -2.27. The molecule has 0 N–H and O–H groups in total. The highest BCUT2D eigenvalue weighted by Gasteiger charge is 2.24. The number of hydrogen-bond donors (Lipinski definition) is 0. The van der Waals surface area contributed by atoms with Crippen molar-refractivity contribution in [2.75, 3.05) is 13.2 Å². The van der Waals surface area contributed by atoms with Crippen LogP contribution < -0.4 is 0 Å². The quantitative estimate of drug-likeness (QED) is 0.441. The monoisotopic (exact) mass is 258 g/mol. The van der Waals surface area contributed by atoms with E-state index >= 15 is 0 Å². The van der Waals surface area contributed by atoms with Gasteiger partial charge in [0.15, 0.2) is 8.32 Å². The fourth-order valence-electron chi connectivity index (χ4n) is 1.39. The third-order valence-electron chi connectivity index (χ3n) is 2.45. The number of ether oxygens (including phenoxy) is 1. The van der Waals surface area contributed by atoms with Crippen molar-refractivity contribution in [2.24, 2.45) is 0 Å². The molecule has 4 heteroatoms. The van der Waals surface area contributed by atoms with E-state index in [-0.39, 0.29) is 5.97 Å². The van der Waals surface area contributed by atoms with Crippen molar-refractivity contribution >= 4 is 14.3 Å². The van der Waals surface area contributed by atoms with Gasteiger partial charge in [0.2, 0.25) is 0 Å². The lowest BCUT2D eigenvalue weighted by molar-refractivity contribution is -0.138. The topological polar surface area (TPSA) is 35.5 Å². The zero-order chi connectivity index (χ0) is 13.3. The van der Waals surface area contributed by atoms with Crippen LogP contribution in [0.25, 0.3) is 0 Å². The summed E-state index contributed by atoms with van der Waals surface area (Å²) in [7, 11) is -1.09. The van der Waals surface area contributed by atoms with Gasteiger partial charge in [-0.2, -0.15) is 0 Å². The fourth-order valence-corrected chi connectivity index (χ4v) is 3.33. The zero-order valence-electron chi connectivity index (χ0n) is 11.7. The first kappa shape index (κ1) is 16.4. The maximum absolute atomic E-state index is 10.6. The first-order valence-corrected chi connectivity index (χ1v) is 9.47. The molecule has 3 nitrogen and oxygen atoms in total. The van der Waals surface area contributed by atoms with Crippen LogP contribution in [0.3, 0.4) is 0 Å². The highest BCUT2D eigenvalue weighted by Crippen LogP contribution is 2.20. The van der Waals surface area contributed by atoms with Crippen molar-refractivity contribution in [1.82, 2.24) is 0 Å². The molecule has 0 bridgehead atoms. The number of carbonyl (C=O) groups is 1. The summed E-state index contributed by atoms with van der Waals surface area (Å²) < 4.78 is 10.3. The summed E-state index contributed by atoms with van der Waals surface area (Å²) in [6.07, 6.45) is 3.55. The highest BCUT2D eigenvalue weighted by molar-refractivity contribution is 6.71. The van der Waals surface area contributed by atoms with E-state index in [1.807, 2.05) is 6.92 Å². The van der Waals surface area contributed by atoms with Crippen molar-refractivity contribution in [2.45, 2.75) is 52.2 Å². The second-order valence-electron chi connectivity index (χ2n) is 4.98. The van der Waals surface area contributed by atoms with Gasteiger partial charge in [-0.05, 0) is 38.9 Å². The minimum Gasteiger partial charge on any atom is -0.462 e. The Hall–Kier alpha value is -0.613. The Morgan fingerprint density at radius 1 is 1.41 bits per heavy atom. The predicted molar refractivity (Wildman–Crippen MR) is 73.5 cm³/mol. The average molecular weight is 258 g/mol. The molecule has 0 aromatic carbocycles. The maximum atomic E-state index is 10.6. The van der Waals surface area contributed by atoms with E-state index in [1.165, 1.54) is 18.9 Å². The van der Waals surface area contributed by atoms with Crippen LogP contribution in [0, 0.1) is 0 Å². The Balaban J connectivity index is 0.000000302. The molecule has 0 saturated carbocycles. The van der Waals surface area contributed by atoms with Crippen LogP contribution in [0.2, 0.25) is 19.1 Å². The number of carbonyl (C=O) groups excluding carboxylic acids is 1. The molecular formula is C13H26O3Si. The molecule has 0 atom stereocenters. The largest absolute Gasteiger partial charge is 0.462 e. The molecule has 0 spiro atoms. The van der Waals surface area contributed by atoms with Crippen LogP contribution in [-0.2, 0) is 14.0 Å². The molecule has 1 heterocycles. The molecule has 0 aromatic heterocycles. The predicted octanol–water partition coefficient (Wildman–Crippen LogP) is 3.52. The van der Waals surface area contributed by atoms with E-state index < -0.39 is 8.32 Å². The molecular weight excluding hydrogens is 232 g/mol. The van der Waals surface area contributed by atoms with Crippen LogP contribution in [0.1, 0.15) is 33.1 Å². The van der Waals surface area contributed by atoms with Crippen LogP contribution in [0.5, 0.6) is 0 Å². The van der Waals surface area contributed by atoms with E-state index in [4.69, 9.17) is 9.16 Å². The van der Waals surface area contributed by atoms with Crippen LogP contribution in [0.4, 0.5) is 0 Å². The second kappa shape index (κ2) is 8.47.